The van der Waals surface area contributed by atoms with Gasteiger partial charge < -0.3 is 10.5 Å². The molecule has 1 aromatic rings. The molecule has 2 nitrogen and oxygen atoms in total. The van der Waals surface area contributed by atoms with Gasteiger partial charge in [0.25, 0.3) is 0 Å². The summed E-state index contributed by atoms with van der Waals surface area (Å²) in [7, 11) is 0. The first kappa shape index (κ1) is 11.6. The molecule has 1 fully saturated rings. The van der Waals surface area contributed by atoms with E-state index in [0.717, 1.165) is 12.8 Å². The highest BCUT2D eigenvalue weighted by molar-refractivity contribution is 5.24. The van der Waals surface area contributed by atoms with E-state index in [1.165, 1.54) is 24.0 Å². The Hall–Kier alpha value is -0.860. The summed E-state index contributed by atoms with van der Waals surface area (Å²) in [6.45, 7) is 3.50. The summed E-state index contributed by atoms with van der Waals surface area (Å²) in [6.07, 6.45) is 4.73. The molecule has 16 heavy (non-hydrogen) atoms. The molecular formula is C14H21NO. The van der Waals surface area contributed by atoms with Crippen LogP contribution in [0.1, 0.15) is 36.8 Å². The standard InChI is InChI=1S/C14H21NO/c1-12-6-2-3-7-13(12)10-16-11-14(15)8-4-5-9-14/h2-3,6-7H,4-5,8-11,15H2,1H3. The fourth-order valence-electron chi connectivity index (χ4n) is 2.36. The van der Waals surface area contributed by atoms with E-state index in [1.807, 2.05) is 0 Å². The Morgan fingerprint density at radius 1 is 1.25 bits per heavy atom. The molecule has 1 saturated carbocycles. The number of hydrogen-bond donors (Lipinski definition) is 1. The van der Waals surface area contributed by atoms with Gasteiger partial charge in [0.05, 0.1) is 13.2 Å². The van der Waals surface area contributed by atoms with E-state index in [2.05, 4.69) is 31.2 Å². The molecule has 0 aliphatic heterocycles. The Kier molecular flexibility index (Phi) is 3.62. The molecule has 0 radical (unpaired) electrons. The summed E-state index contributed by atoms with van der Waals surface area (Å²) in [5.41, 5.74) is 8.74. The van der Waals surface area contributed by atoms with Crippen molar-refractivity contribution in [2.45, 2.75) is 44.8 Å². The van der Waals surface area contributed by atoms with Gasteiger partial charge in [-0.2, -0.15) is 0 Å². The van der Waals surface area contributed by atoms with Gasteiger partial charge >= 0.3 is 0 Å². The molecule has 0 heterocycles. The van der Waals surface area contributed by atoms with E-state index < -0.39 is 0 Å². The largest absolute Gasteiger partial charge is 0.375 e. The van der Waals surface area contributed by atoms with Gasteiger partial charge in [-0.1, -0.05) is 37.1 Å². The van der Waals surface area contributed by atoms with Gasteiger partial charge in [0.2, 0.25) is 0 Å². The zero-order valence-electron chi connectivity index (χ0n) is 10.0. The van der Waals surface area contributed by atoms with E-state index >= 15 is 0 Å². The highest BCUT2D eigenvalue weighted by Crippen LogP contribution is 2.27. The van der Waals surface area contributed by atoms with Gasteiger partial charge in [0.15, 0.2) is 0 Å². The molecule has 0 spiro atoms. The Morgan fingerprint density at radius 2 is 1.94 bits per heavy atom. The smallest absolute Gasteiger partial charge is 0.0720 e. The Balaban J connectivity index is 1.82. The average molecular weight is 219 g/mol. The summed E-state index contributed by atoms with van der Waals surface area (Å²) in [5, 5.41) is 0. The molecule has 0 bridgehead atoms. The van der Waals surface area contributed by atoms with Crippen LogP contribution in [-0.2, 0) is 11.3 Å². The first-order valence-electron chi connectivity index (χ1n) is 6.11. The lowest BCUT2D eigenvalue weighted by atomic mass is 10.0. The molecular weight excluding hydrogens is 198 g/mol. The van der Waals surface area contributed by atoms with E-state index in [4.69, 9.17) is 10.5 Å². The van der Waals surface area contributed by atoms with Crippen molar-refractivity contribution < 1.29 is 4.74 Å². The van der Waals surface area contributed by atoms with E-state index in [0.29, 0.717) is 13.2 Å². The second-order valence-electron chi connectivity index (χ2n) is 4.99. The molecule has 0 atom stereocenters. The molecule has 2 heteroatoms. The molecule has 0 amide bonds. The van der Waals surface area contributed by atoms with Gasteiger partial charge in [0, 0.05) is 5.54 Å². The van der Waals surface area contributed by atoms with E-state index in [1.54, 1.807) is 0 Å². The van der Waals surface area contributed by atoms with Crippen LogP contribution in [0, 0.1) is 6.92 Å². The van der Waals surface area contributed by atoms with Crippen LogP contribution in [-0.4, -0.2) is 12.1 Å². The fourth-order valence-corrected chi connectivity index (χ4v) is 2.36. The van der Waals surface area contributed by atoms with Crippen molar-refractivity contribution in [2.75, 3.05) is 6.61 Å². The van der Waals surface area contributed by atoms with Crippen molar-refractivity contribution in [3.8, 4) is 0 Å². The molecule has 0 unspecified atom stereocenters. The zero-order valence-corrected chi connectivity index (χ0v) is 10.0. The monoisotopic (exact) mass is 219 g/mol. The van der Waals surface area contributed by atoms with Crippen LogP contribution in [0.25, 0.3) is 0 Å². The van der Waals surface area contributed by atoms with Crippen LogP contribution < -0.4 is 5.73 Å². The molecule has 1 aliphatic rings. The van der Waals surface area contributed by atoms with Crippen LogP contribution in [0.4, 0.5) is 0 Å². The SMILES string of the molecule is Cc1ccccc1COCC1(N)CCCC1. The minimum atomic E-state index is -0.0529. The van der Waals surface area contributed by atoms with E-state index in [-0.39, 0.29) is 5.54 Å². The predicted octanol–water partition coefficient (Wildman–Crippen LogP) is 2.78. The normalized spacial score (nSPS) is 18.9. The second kappa shape index (κ2) is 4.98. The Labute approximate surface area is 97.8 Å². The lowest BCUT2D eigenvalue weighted by molar-refractivity contribution is 0.0748. The van der Waals surface area contributed by atoms with Crippen molar-refractivity contribution in [1.82, 2.24) is 0 Å². The van der Waals surface area contributed by atoms with Crippen molar-refractivity contribution in [1.29, 1.82) is 0 Å². The van der Waals surface area contributed by atoms with Crippen molar-refractivity contribution in [3.05, 3.63) is 35.4 Å². The number of rotatable bonds is 4. The van der Waals surface area contributed by atoms with E-state index in [9.17, 15) is 0 Å². The first-order valence-corrected chi connectivity index (χ1v) is 6.11. The quantitative estimate of drug-likeness (QED) is 0.845. The van der Waals surface area contributed by atoms with Gasteiger partial charge in [0.1, 0.15) is 0 Å². The third-order valence-electron chi connectivity index (χ3n) is 3.51. The lowest BCUT2D eigenvalue weighted by Gasteiger charge is -2.23. The summed E-state index contributed by atoms with van der Waals surface area (Å²) < 4.78 is 5.76. The van der Waals surface area contributed by atoms with Gasteiger partial charge in [-0.05, 0) is 30.9 Å². The van der Waals surface area contributed by atoms with Gasteiger partial charge in [-0.15, -0.1) is 0 Å². The summed E-state index contributed by atoms with van der Waals surface area (Å²) in [6, 6.07) is 8.35. The third-order valence-corrected chi connectivity index (χ3v) is 3.51. The molecule has 2 rings (SSSR count). The zero-order chi connectivity index (χ0) is 11.4. The van der Waals surface area contributed by atoms with Crippen LogP contribution in [0.15, 0.2) is 24.3 Å². The van der Waals surface area contributed by atoms with Crippen LogP contribution in [0.2, 0.25) is 0 Å². The molecule has 1 aromatic carbocycles. The Morgan fingerprint density at radius 3 is 2.62 bits per heavy atom. The van der Waals surface area contributed by atoms with Crippen LogP contribution in [0.5, 0.6) is 0 Å². The second-order valence-corrected chi connectivity index (χ2v) is 4.99. The van der Waals surface area contributed by atoms with Crippen LogP contribution >= 0.6 is 0 Å². The topological polar surface area (TPSA) is 35.2 Å². The highest BCUT2D eigenvalue weighted by Gasteiger charge is 2.29. The summed E-state index contributed by atoms with van der Waals surface area (Å²) in [4.78, 5) is 0. The average Bonchev–Trinajstić information content (AvgIpc) is 2.68. The van der Waals surface area contributed by atoms with Crippen molar-refractivity contribution in [3.63, 3.8) is 0 Å². The molecule has 1 aliphatic carbocycles. The number of aryl methyl sites for hydroxylation is 1. The number of ether oxygens (including phenoxy) is 1. The maximum absolute atomic E-state index is 6.24. The molecule has 0 aromatic heterocycles. The molecule has 2 N–H and O–H groups in total. The fraction of sp³-hybridized carbons (Fsp3) is 0.571. The number of hydrogen-bond acceptors (Lipinski definition) is 2. The first-order chi connectivity index (χ1) is 7.70. The predicted molar refractivity (Wildman–Crippen MR) is 66.2 cm³/mol. The summed E-state index contributed by atoms with van der Waals surface area (Å²) >= 11 is 0. The number of benzene rings is 1. The van der Waals surface area contributed by atoms with Crippen molar-refractivity contribution in [2.24, 2.45) is 5.73 Å². The van der Waals surface area contributed by atoms with Gasteiger partial charge in [-0.3, -0.25) is 0 Å². The third kappa shape index (κ3) is 2.83. The molecule has 0 saturated heterocycles. The number of nitrogens with two attached hydrogens (primary N) is 1. The highest BCUT2D eigenvalue weighted by atomic mass is 16.5. The van der Waals surface area contributed by atoms with Crippen molar-refractivity contribution >= 4 is 0 Å². The Bertz CT molecular complexity index is 342. The maximum Gasteiger partial charge on any atom is 0.0720 e. The minimum absolute atomic E-state index is 0.0529. The molecule has 88 valence electrons. The van der Waals surface area contributed by atoms with Gasteiger partial charge in [-0.25, -0.2) is 0 Å². The lowest BCUT2D eigenvalue weighted by Crippen LogP contribution is -2.41. The minimum Gasteiger partial charge on any atom is -0.375 e. The maximum atomic E-state index is 6.24. The van der Waals surface area contributed by atoms with Crippen LogP contribution in [0.3, 0.4) is 0 Å². The summed E-state index contributed by atoms with van der Waals surface area (Å²) in [5.74, 6) is 0.